The summed E-state index contributed by atoms with van der Waals surface area (Å²) in [5.41, 5.74) is 3.05. The molecular weight excluding hydrogens is 456 g/mol. The smallest absolute Gasteiger partial charge is 0.251 e. The van der Waals surface area contributed by atoms with E-state index in [0.29, 0.717) is 30.6 Å². The lowest BCUT2D eigenvalue weighted by Gasteiger charge is -2.32. The van der Waals surface area contributed by atoms with Crippen LogP contribution in [0.1, 0.15) is 57.5 Å². The lowest BCUT2D eigenvalue weighted by atomic mass is 9.80. The monoisotopic (exact) mass is 492 g/mol. The van der Waals surface area contributed by atoms with Gasteiger partial charge in [-0.15, -0.1) is 0 Å². The standard InChI is InChI=1S/C28H36N4O4/c1-29-25(33)21-12-8-19(9-13-21)17-31(3)27(35)23-6-5-7-24(16-23)28(36)32(4)18-20-10-14-22(15-11-20)26(34)30-2/h8-15,23-24H,5-7,16-18H2,1-4H3,(H,29,33)(H,30,34). The second kappa shape index (κ2) is 12.3. The fourth-order valence-corrected chi connectivity index (χ4v) is 4.78. The molecule has 2 N–H and O–H groups in total. The molecule has 36 heavy (non-hydrogen) atoms. The van der Waals surface area contributed by atoms with Crippen LogP contribution in [0.2, 0.25) is 0 Å². The van der Waals surface area contributed by atoms with Crippen molar-refractivity contribution in [3.05, 3.63) is 70.8 Å². The van der Waals surface area contributed by atoms with Gasteiger partial charge in [0.1, 0.15) is 0 Å². The van der Waals surface area contributed by atoms with Gasteiger partial charge in [0, 0.05) is 64.2 Å². The van der Waals surface area contributed by atoms with Gasteiger partial charge in [-0.25, -0.2) is 0 Å². The molecule has 1 fully saturated rings. The van der Waals surface area contributed by atoms with E-state index in [1.165, 1.54) is 0 Å². The van der Waals surface area contributed by atoms with Crippen LogP contribution in [0, 0.1) is 11.8 Å². The van der Waals surface area contributed by atoms with Gasteiger partial charge < -0.3 is 20.4 Å². The van der Waals surface area contributed by atoms with Crippen LogP contribution in [0.3, 0.4) is 0 Å². The largest absolute Gasteiger partial charge is 0.355 e. The van der Waals surface area contributed by atoms with Crippen molar-refractivity contribution in [2.75, 3.05) is 28.2 Å². The highest BCUT2D eigenvalue weighted by molar-refractivity contribution is 5.94. The Kier molecular flexibility index (Phi) is 9.22. The fraction of sp³-hybridized carbons (Fsp3) is 0.429. The van der Waals surface area contributed by atoms with Gasteiger partial charge in [0.2, 0.25) is 11.8 Å². The number of carbonyl (C=O) groups is 4. The van der Waals surface area contributed by atoms with Gasteiger partial charge in [-0.3, -0.25) is 19.2 Å². The van der Waals surface area contributed by atoms with Crippen molar-refractivity contribution in [2.24, 2.45) is 11.8 Å². The Labute approximate surface area is 213 Å². The Bertz CT molecular complexity index is 996. The average Bonchev–Trinajstić information content (AvgIpc) is 2.92. The van der Waals surface area contributed by atoms with E-state index < -0.39 is 0 Å². The molecule has 0 bridgehead atoms. The Hall–Kier alpha value is -3.68. The zero-order chi connectivity index (χ0) is 26.2. The Morgan fingerprint density at radius 1 is 0.694 bits per heavy atom. The minimum absolute atomic E-state index is 0.0512. The van der Waals surface area contributed by atoms with Crippen LogP contribution < -0.4 is 10.6 Å². The molecule has 1 aliphatic carbocycles. The van der Waals surface area contributed by atoms with E-state index in [-0.39, 0.29) is 35.5 Å². The van der Waals surface area contributed by atoms with Crippen molar-refractivity contribution in [2.45, 2.75) is 38.8 Å². The van der Waals surface area contributed by atoms with Crippen molar-refractivity contribution in [3.63, 3.8) is 0 Å². The molecule has 2 atom stereocenters. The molecule has 4 amide bonds. The highest BCUT2D eigenvalue weighted by atomic mass is 16.2. The Morgan fingerprint density at radius 3 is 1.39 bits per heavy atom. The number of nitrogens with one attached hydrogen (secondary N) is 2. The molecule has 3 rings (SSSR count). The third-order valence-electron chi connectivity index (χ3n) is 6.85. The number of hydrogen-bond acceptors (Lipinski definition) is 4. The predicted molar refractivity (Wildman–Crippen MR) is 138 cm³/mol. The van der Waals surface area contributed by atoms with E-state index in [1.54, 1.807) is 62.3 Å². The maximum atomic E-state index is 13.2. The van der Waals surface area contributed by atoms with Crippen molar-refractivity contribution in [1.82, 2.24) is 20.4 Å². The SMILES string of the molecule is CNC(=O)c1ccc(CN(C)C(=O)C2CCCC(C(=O)N(C)Cc3ccc(C(=O)NC)cc3)C2)cc1. The van der Waals surface area contributed by atoms with Gasteiger partial charge in [0.15, 0.2) is 0 Å². The Morgan fingerprint density at radius 2 is 1.06 bits per heavy atom. The second-order valence-electron chi connectivity index (χ2n) is 9.50. The first-order chi connectivity index (χ1) is 17.2. The van der Waals surface area contributed by atoms with E-state index in [2.05, 4.69) is 10.6 Å². The maximum Gasteiger partial charge on any atom is 0.251 e. The zero-order valence-electron chi connectivity index (χ0n) is 21.5. The summed E-state index contributed by atoms with van der Waals surface area (Å²) in [5.74, 6) is -0.540. The van der Waals surface area contributed by atoms with Crippen LogP contribution in [0.5, 0.6) is 0 Å². The van der Waals surface area contributed by atoms with Crippen molar-refractivity contribution in [1.29, 1.82) is 0 Å². The summed E-state index contributed by atoms with van der Waals surface area (Å²) in [5, 5.41) is 5.19. The molecule has 8 nitrogen and oxygen atoms in total. The average molecular weight is 493 g/mol. The van der Waals surface area contributed by atoms with Crippen LogP contribution in [-0.2, 0) is 22.7 Å². The Balaban J connectivity index is 1.55. The first-order valence-electron chi connectivity index (χ1n) is 12.4. The molecule has 8 heteroatoms. The first kappa shape index (κ1) is 26.9. The molecule has 2 aromatic carbocycles. The van der Waals surface area contributed by atoms with Crippen molar-refractivity contribution < 1.29 is 19.2 Å². The van der Waals surface area contributed by atoms with Crippen LogP contribution in [0.25, 0.3) is 0 Å². The van der Waals surface area contributed by atoms with Crippen LogP contribution in [0.4, 0.5) is 0 Å². The summed E-state index contributed by atoms with van der Waals surface area (Å²) in [7, 11) is 6.76. The minimum Gasteiger partial charge on any atom is -0.355 e. The highest BCUT2D eigenvalue weighted by Gasteiger charge is 2.33. The van der Waals surface area contributed by atoms with Gasteiger partial charge in [-0.05, 0) is 54.7 Å². The third kappa shape index (κ3) is 6.71. The molecule has 1 saturated carbocycles. The molecule has 0 aliphatic heterocycles. The number of carbonyl (C=O) groups excluding carboxylic acids is 4. The third-order valence-corrected chi connectivity index (χ3v) is 6.85. The molecule has 0 spiro atoms. The van der Waals surface area contributed by atoms with E-state index in [4.69, 9.17) is 0 Å². The molecule has 0 heterocycles. The number of nitrogens with zero attached hydrogens (tertiary/aromatic N) is 2. The van der Waals surface area contributed by atoms with Gasteiger partial charge in [0.25, 0.3) is 11.8 Å². The van der Waals surface area contributed by atoms with Crippen molar-refractivity contribution in [3.8, 4) is 0 Å². The van der Waals surface area contributed by atoms with Gasteiger partial charge >= 0.3 is 0 Å². The number of benzene rings is 2. The lowest BCUT2D eigenvalue weighted by Crippen LogP contribution is -2.39. The summed E-state index contributed by atoms with van der Waals surface area (Å²) in [6.45, 7) is 0.905. The molecule has 1 aliphatic rings. The zero-order valence-corrected chi connectivity index (χ0v) is 21.5. The van der Waals surface area contributed by atoms with Crippen LogP contribution in [-0.4, -0.2) is 61.6 Å². The minimum atomic E-state index is -0.178. The molecule has 2 aromatic rings. The molecule has 192 valence electrons. The van der Waals surface area contributed by atoms with E-state index in [0.717, 1.165) is 30.4 Å². The molecule has 0 aromatic heterocycles. The number of rotatable bonds is 8. The van der Waals surface area contributed by atoms with Gasteiger partial charge in [-0.2, -0.15) is 0 Å². The number of hydrogen-bond donors (Lipinski definition) is 2. The summed E-state index contributed by atoms with van der Waals surface area (Å²) in [6, 6.07) is 14.5. The molecule has 0 saturated heterocycles. The van der Waals surface area contributed by atoms with Crippen LogP contribution in [0.15, 0.2) is 48.5 Å². The number of amides is 4. The van der Waals surface area contributed by atoms with E-state index in [1.807, 2.05) is 24.3 Å². The summed E-state index contributed by atoms with van der Waals surface area (Å²) >= 11 is 0. The lowest BCUT2D eigenvalue weighted by molar-refractivity contribution is -0.140. The van der Waals surface area contributed by atoms with E-state index in [9.17, 15) is 19.2 Å². The maximum absolute atomic E-state index is 13.2. The van der Waals surface area contributed by atoms with Gasteiger partial charge in [-0.1, -0.05) is 30.7 Å². The van der Waals surface area contributed by atoms with Crippen molar-refractivity contribution >= 4 is 23.6 Å². The quantitative estimate of drug-likeness (QED) is 0.592. The highest BCUT2D eigenvalue weighted by Crippen LogP contribution is 2.32. The molecule has 2 unspecified atom stereocenters. The fourth-order valence-electron chi connectivity index (χ4n) is 4.78. The van der Waals surface area contributed by atoms with E-state index >= 15 is 0 Å². The second-order valence-corrected chi connectivity index (χ2v) is 9.50. The summed E-state index contributed by atoms with van der Waals surface area (Å²) in [6.07, 6.45) is 2.97. The topological polar surface area (TPSA) is 98.8 Å². The van der Waals surface area contributed by atoms with Gasteiger partial charge in [0.05, 0.1) is 0 Å². The predicted octanol–water partition coefficient (Wildman–Crippen LogP) is 2.83. The first-order valence-corrected chi connectivity index (χ1v) is 12.4. The summed E-state index contributed by atoms with van der Waals surface area (Å²) < 4.78 is 0. The molecule has 0 radical (unpaired) electrons. The normalized spacial score (nSPS) is 17.1. The summed E-state index contributed by atoms with van der Waals surface area (Å²) in [4.78, 5) is 53.2. The molecular formula is C28H36N4O4. The van der Waals surface area contributed by atoms with Crippen LogP contribution >= 0.6 is 0 Å².